The molecule has 2 rings (SSSR count). The van der Waals surface area contributed by atoms with E-state index in [0.717, 1.165) is 38.4 Å². The maximum atomic E-state index is 12.6. The number of hydrogen-bond acceptors (Lipinski definition) is 6. The fourth-order valence-electron chi connectivity index (χ4n) is 1.92. The summed E-state index contributed by atoms with van der Waals surface area (Å²) in [4.78, 5) is 16.2. The molecule has 0 radical (unpaired) electrons. The zero-order chi connectivity index (χ0) is 23.2. The minimum Gasteiger partial charge on any atom is -0.380 e. The summed E-state index contributed by atoms with van der Waals surface area (Å²) >= 11 is 5.85. The molecule has 0 aromatic carbocycles. The van der Waals surface area contributed by atoms with Gasteiger partial charge in [-0.3, -0.25) is 0 Å². The molecule has 0 unspecified atom stereocenters. The van der Waals surface area contributed by atoms with Crippen LogP contribution >= 0.6 is 11.6 Å². The van der Waals surface area contributed by atoms with E-state index in [0.29, 0.717) is 0 Å². The van der Waals surface area contributed by atoms with Crippen LogP contribution in [-0.4, -0.2) is 38.3 Å². The Kier molecular flexibility index (Phi) is 7.82. The highest BCUT2D eigenvalue weighted by molar-refractivity contribution is 6.29. The molecule has 168 valence electrons. The normalized spacial score (nSPS) is 14.7. The Morgan fingerprint density at radius 2 is 1.65 bits per heavy atom. The number of rotatable bonds is 7. The van der Waals surface area contributed by atoms with Gasteiger partial charge < -0.3 is 10.6 Å². The second kappa shape index (κ2) is 9.94. The van der Waals surface area contributed by atoms with E-state index in [1.807, 2.05) is 0 Å². The molecule has 2 aromatic heterocycles. The second-order valence-corrected chi connectivity index (χ2v) is 6.67. The summed E-state index contributed by atoms with van der Waals surface area (Å²) in [6, 6.07) is 2.80. The van der Waals surface area contributed by atoms with Crippen molar-refractivity contribution in [3.63, 3.8) is 0 Å². The Morgan fingerprint density at radius 3 is 2.26 bits per heavy atom. The van der Waals surface area contributed by atoms with Gasteiger partial charge in [-0.1, -0.05) is 30.7 Å². The van der Waals surface area contributed by atoms with Crippen LogP contribution in [0.3, 0.4) is 0 Å². The highest BCUT2D eigenvalue weighted by atomic mass is 35.5. The number of alkyl halides is 6. The Hall–Kier alpha value is -2.89. The predicted octanol–water partition coefficient (Wildman–Crippen LogP) is 5.22. The lowest BCUT2D eigenvalue weighted by molar-refractivity contribution is -0.156. The van der Waals surface area contributed by atoms with Crippen LogP contribution in [0.4, 0.5) is 32.3 Å². The number of nitrogens with zero attached hydrogens (tertiary/aromatic N) is 4. The van der Waals surface area contributed by atoms with E-state index in [-0.39, 0.29) is 28.4 Å². The number of allylic oxidation sites excluding steroid dienone is 1. The number of aromatic nitrogens is 4. The monoisotopic (exact) mass is 466 g/mol. The van der Waals surface area contributed by atoms with E-state index in [1.165, 1.54) is 12.1 Å². The maximum Gasteiger partial charge on any atom is 0.408 e. The standard InChI is InChI=1S/C18H17ClF6N6/c1-10(17(20,21)22)6-8-27-16-30-14(7-9-26-11(2)18(23,24)25)29-15(31-16)12-4-3-5-13(19)28-12/h3-11,26H,1-2H3,(H,27,29,30,31)/b8-6+,9-7+/t10-,11+/m0/s1. The largest absolute Gasteiger partial charge is 0.408 e. The first-order valence-electron chi connectivity index (χ1n) is 8.74. The van der Waals surface area contributed by atoms with Crippen molar-refractivity contribution in [2.75, 3.05) is 5.32 Å². The summed E-state index contributed by atoms with van der Waals surface area (Å²) in [6.45, 7) is 1.90. The van der Waals surface area contributed by atoms with Crippen LogP contribution in [0, 0.1) is 5.92 Å². The number of halogens is 7. The van der Waals surface area contributed by atoms with E-state index in [1.54, 1.807) is 6.07 Å². The first kappa shape index (κ1) is 24.4. The van der Waals surface area contributed by atoms with Gasteiger partial charge in [0.05, 0.1) is 5.92 Å². The molecule has 0 aliphatic carbocycles. The highest BCUT2D eigenvalue weighted by Gasteiger charge is 2.35. The molecule has 2 heterocycles. The molecule has 0 saturated carbocycles. The lowest BCUT2D eigenvalue weighted by atomic mass is 10.2. The molecule has 13 heteroatoms. The Morgan fingerprint density at radius 1 is 0.935 bits per heavy atom. The Labute approximate surface area is 178 Å². The summed E-state index contributed by atoms with van der Waals surface area (Å²) in [5, 5.41) is 4.77. The van der Waals surface area contributed by atoms with E-state index >= 15 is 0 Å². The first-order valence-corrected chi connectivity index (χ1v) is 9.12. The van der Waals surface area contributed by atoms with Crippen molar-refractivity contribution in [2.45, 2.75) is 32.2 Å². The molecule has 0 bridgehead atoms. The average Bonchev–Trinajstić information content (AvgIpc) is 2.66. The molecular weight excluding hydrogens is 450 g/mol. The van der Waals surface area contributed by atoms with Crippen LogP contribution in [0.2, 0.25) is 5.15 Å². The lowest BCUT2D eigenvalue weighted by Gasteiger charge is -2.15. The third-order valence-electron chi connectivity index (χ3n) is 3.78. The molecule has 6 nitrogen and oxygen atoms in total. The Bertz CT molecular complexity index is 944. The van der Waals surface area contributed by atoms with Gasteiger partial charge in [0, 0.05) is 12.4 Å². The van der Waals surface area contributed by atoms with Crippen LogP contribution in [-0.2, 0) is 0 Å². The van der Waals surface area contributed by atoms with Gasteiger partial charge >= 0.3 is 12.4 Å². The van der Waals surface area contributed by atoms with Gasteiger partial charge in [0.1, 0.15) is 16.9 Å². The summed E-state index contributed by atoms with van der Waals surface area (Å²) in [5.74, 6) is -1.90. The molecule has 0 fully saturated rings. The molecular formula is C18H17ClF6N6. The van der Waals surface area contributed by atoms with Crippen molar-refractivity contribution in [3.8, 4) is 11.5 Å². The summed E-state index contributed by atoms with van der Waals surface area (Å²) < 4.78 is 75.6. The zero-order valence-electron chi connectivity index (χ0n) is 16.1. The smallest absolute Gasteiger partial charge is 0.380 e. The molecule has 0 spiro atoms. The van der Waals surface area contributed by atoms with Crippen LogP contribution in [0.25, 0.3) is 17.6 Å². The van der Waals surface area contributed by atoms with Gasteiger partial charge in [0.2, 0.25) is 5.95 Å². The quantitative estimate of drug-likeness (QED) is 0.430. The van der Waals surface area contributed by atoms with Crippen LogP contribution in [0.15, 0.2) is 36.7 Å². The minimum absolute atomic E-state index is 0.0146. The molecule has 0 aliphatic rings. The number of nitrogens with one attached hydrogen (secondary N) is 2. The molecule has 0 aliphatic heterocycles. The van der Waals surface area contributed by atoms with Gasteiger partial charge in [-0.25, -0.2) is 9.97 Å². The van der Waals surface area contributed by atoms with Gasteiger partial charge in [-0.05, 0) is 25.1 Å². The number of pyridine rings is 1. The van der Waals surface area contributed by atoms with Crippen molar-refractivity contribution in [1.82, 2.24) is 25.3 Å². The predicted molar refractivity (Wildman–Crippen MR) is 104 cm³/mol. The summed E-state index contributed by atoms with van der Waals surface area (Å²) in [6.07, 6.45) is -4.82. The molecule has 0 saturated heterocycles. The van der Waals surface area contributed by atoms with E-state index < -0.39 is 24.3 Å². The van der Waals surface area contributed by atoms with Crippen molar-refractivity contribution >= 4 is 23.6 Å². The summed E-state index contributed by atoms with van der Waals surface area (Å²) in [7, 11) is 0. The fourth-order valence-corrected chi connectivity index (χ4v) is 2.08. The third kappa shape index (κ3) is 7.70. The van der Waals surface area contributed by atoms with Gasteiger partial charge in [0.15, 0.2) is 11.6 Å². The first-order chi connectivity index (χ1) is 14.4. The Balaban J connectivity index is 2.31. The van der Waals surface area contributed by atoms with Crippen LogP contribution in [0.5, 0.6) is 0 Å². The van der Waals surface area contributed by atoms with Crippen LogP contribution < -0.4 is 10.6 Å². The zero-order valence-corrected chi connectivity index (χ0v) is 16.9. The fraction of sp³-hybridized carbons (Fsp3) is 0.333. The maximum absolute atomic E-state index is 12.6. The topological polar surface area (TPSA) is 75.6 Å². The average molecular weight is 467 g/mol. The molecule has 2 N–H and O–H groups in total. The van der Waals surface area contributed by atoms with Gasteiger partial charge in [0.25, 0.3) is 0 Å². The second-order valence-electron chi connectivity index (χ2n) is 6.28. The molecule has 0 amide bonds. The minimum atomic E-state index is -4.45. The van der Waals surface area contributed by atoms with Crippen molar-refractivity contribution < 1.29 is 26.3 Å². The highest BCUT2D eigenvalue weighted by Crippen LogP contribution is 2.26. The number of anilines is 1. The number of hydrogen-bond donors (Lipinski definition) is 2. The SMILES string of the molecule is C[C@@H](/C=C/Nc1nc(/C=C/N[C@H](C)C(F)(F)F)nc(-c2cccc(Cl)n2)n1)C(F)(F)F. The van der Waals surface area contributed by atoms with Gasteiger partial charge in [-0.2, -0.15) is 36.3 Å². The van der Waals surface area contributed by atoms with Crippen molar-refractivity contribution in [2.24, 2.45) is 5.92 Å². The summed E-state index contributed by atoms with van der Waals surface area (Å²) in [5.41, 5.74) is 0.233. The molecule has 2 aromatic rings. The van der Waals surface area contributed by atoms with E-state index in [2.05, 4.69) is 30.6 Å². The third-order valence-corrected chi connectivity index (χ3v) is 3.99. The van der Waals surface area contributed by atoms with Crippen molar-refractivity contribution in [3.05, 3.63) is 47.7 Å². The van der Waals surface area contributed by atoms with Crippen LogP contribution in [0.1, 0.15) is 19.7 Å². The van der Waals surface area contributed by atoms with E-state index in [4.69, 9.17) is 11.6 Å². The van der Waals surface area contributed by atoms with E-state index in [9.17, 15) is 26.3 Å². The van der Waals surface area contributed by atoms with Crippen molar-refractivity contribution in [1.29, 1.82) is 0 Å². The molecule has 2 atom stereocenters. The molecule has 31 heavy (non-hydrogen) atoms. The van der Waals surface area contributed by atoms with Gasteiger partial charge in [-0.15, -0.1) is 0 Å². The lowest BCUT2D eigenvalue weighted by Crippen LogP contribution is -2.36.